The molecular weight excluding hydrogens is 576 g/mol. The largest absolute Gasteiger partial charge is 0.456 e. The minimum atomic E-state index is 0.868. The molecule has 2 aromatic heterocycles. The standard InChI is InChI=1S/C44H24O3/c1-2-9-31-25(6-1)14-20-35-43-30(10-5-13-39(43)47-44(31)35)29-16-19-33-32-18-15-28(23-40(32)46-41(33)24-29)27-17-21-37-36(22-27)34-11-3-7-26-8-4-12-38(45-37)42(26)34/h1-24H. The maximum atomic E-state index is 6.57. The molecule has 0 spiro atoms. The highest BCUT2D eigenvalue weighted by Gasteiger charge is 2.21. The van der Waals surface area contributed by atoms with E-state index < -0.39 is 0 Å². The summed E-state index contributed by atoms with van der Waals surface area (Å²) in [7, 11) is 0. The summed E-state index contributed by atoms with van der Waals surface area (Å²) in [6.07, 6.45) is 0. The van der Waals surface area contributed by atoms with E-state index in [1.807, 2.05) is 12.1 Å². The van der Waals surface area contributed by atoms with Gasteiger partial charge in [0.2, 0.25) is 0 Å². The number of fused-ring (bicyclic) bond motifs is 10. The number of furan rings is 2. The highest BCUT2D eigenvalue weighted by atomic mass is 16.5. The Morgan fingerprint density at radius 3 is 1.96 bits per heavy atom. The van der Waals surface area contributed by atoms with Gasteiger partial charge in [0.1, 0.15) is 33.8 Å². The van der Waals surface area contributed by atoms with Crippen LogP contribution >= 0.6 is 0 Å². The van der Waals surface area contributed by atoms with Gasteiger partial charge in [-0.25, -0.2) is 0 Å². The summed E-state index contributed by atoms with van der Waals surface area (Å²) in [5, 5.41) is 9.11. The fraction of sp³-hybridized carbons (Fsp3) is 0. The number of benzene rings is 8. The monoisotopic (exact) mass is 600 g/mol. The first-order chi connectivity index (χ1) is 23.3. The van der Waals surface area contributed by atoms with Gasteiger partial charge in [0, 0.05) is 37.9 Å². The molecule has 10 aromatic rings. The van der Waals surface area contributed by atoms with E-state index >= 15 is 0 Å². The zero-order valence-electron chi connectivity index (χ0n) is 25.1. The van der Waals surface area contributed by atoms with Crippen LogP contribution in [0.1, 0.15) is 0 Å². The van der Waals surface area contributed by atoms with E-state index in [-0.39, 0.29) is 0 Å². The molecule has 0 saturated heterocycles. The van der Waals surface area contributed by atoms with Crippen LogP contribution in [0.3, 0.4) is 0 Å². The average Bonchev–Trinajstić information content (AvgIpc) is 3.69. The fourth-order valence-electron chi connectivity index (χ4n) is 7.66. The Hall–Kier alpha value is -6.32. The average molecular weight is 601 g/mol. The molecule has 8 aromatic carbocycles. The van der Waals surface area contributed by atoms with Crippen LogP contribution in [0.4, 0.5) is 0 Å². The van der Waals surface area contributed by atoms with Crippen molar-refractivity contribution in [3.8, 4) is 44.9 Å². The third-order valence-corrected chi connectivity index (χ3v) is 9.86. The van der Waals surface area contributed by atoms with E-state index in [0.717, 1.165) is 94.0 Å². The van der Waals surface area contributed by atoms with Crippen LogP contribution in [0.15, 0.2) is 154 Å². The highest BCUT2D eigenvalue weighted by Crippen LogP contribution is 2.48. The minimum Gasteiger partial charge on any atom is -0.456 e. The van der Waals surface area contributed by atoms with Gasteiger partial charge in [0.15, 0.2) is 0 Å². The van der Waals surface area contributed by atoms with Crippen LogP contribution < -0.4 is 4.74 Å². The summed E-state index contributed by atoms with van der Waals surface area (Å²) in [6, 6.07) is 51.2. The zero-order chi connectivity index (χ0) is 30.6. The lowest BCUT2D eigenvalue weighted by Crippen LogP contribution is -1.97. The van der Waals surface area contributed by atoms with Gasteiger partial charge in [-0.3, -0.25) is 0 Å². The van der Waals surface area contributed by atoms with E-state index in [4.69, 9.17) is 13.6 Å². The molecule has 1 aliphatic heterocycles. The van der Waals surface area contributed by atoms with Crippen molar-refractivity contribution in [3.63, 3.8) is 0 Å². The van der Waals surface area contributed by atoms with Crippen LogP contribution in [0.5, 0.6) is 11.5 Å². The van der Waals surface area contributed by atoms with E-state index in [1.54, 1.807) is 0 Å². The van der Waals surface area contributed by atoms with E-state index in [0.29, 0.717) is 0 Å². The van der Waals surface area contributed by atoms with Crippen molar-refractivity contribution < 1.29 is 13.6 Å². The second-order valence-electron chi connectivity index (χ2n) is 12.4. The van der Waals surface area contributed by atoms with Crippen LogP contribution in [0.25, 0.3) is 98.8 Å². The first-order valence-electron chi connectivity index (χ1n) is 15.9. The van der Waals surface area contributed by atoms with Crippen molar-refractivity contribution in [3.05, 3.63) is 146 Å². The Bertz CT molecular complexity index is 2930. The summed E-state index contributed by atoms with van der Waals surface area (Å²) in [4.78, 5) is 0. The molecule has 0 fully saturated rings. The lowest BCUT2D eigenvalue weighted by atomic mass is 9.92. The number of hydrogen-bond acceptors (Lipinski definition) is 3. The van der Waals surface area contributed by atoms with Crippen molar-refractivity contribution in [1.82, 2.24) is 0 Å². The van der Waals surface area contributed by atoms with Gasteiger partial charge in [-0.1, -0.05) is 91.0 Å². The van der Waals surface area contributed by atoms with Gasteiger partial charge in [0.05, 0.1) is 0 Å². The van der Waals surface area contributed by atoms with Gasteiger partial charge in [-0.05, 0) is 93.2 Å². The third-order valence-electron chi connectivity index (χ3n) is 9.86. The van der Waals surface area contributed by atoms with E-state index in [2.05, 4.69) is 133 Å². The van der Waals surface area contributed by atoms with Gasteiger partial charge >= 0.3 is 0 Å². The summed E-state index contributed by atoms with van der Waals surface area (Å²) in [5.74, 6) is 1.79. The smallest absolute Gasteiger partial charge is 0.143 e. The summed E-state index contributed by atoms with van der Waals surface area (Å²) in [5.41, 5.74) is 10.3. The second-order valence-corrected chi connectivity index (χ2v) is 12.4. The van der Waals surface area contributed by atoms with E-state index in [1.165, 1.54) is 16.3 Å². The van der Waals surface area contributed by atoms with Crippen molar-refractivity contribution in [2.24, 2.45) is 0 Å². The lowest BCUT2D eigenvalue weighted by molar-refractivity contribution is 0.487. The number of hydrogen-bond donors (Lipinski definition) is 0. The molecule has 0 aliphatic carbocycles. The predicted octanol–water partition coefficient (Wildman–Crippen LogP) is 12.9. The van der Waals surface area contributed by atoms with Crippen molar-refractivity contribution in [1.29, 1.82) is 0 Å². The molecule has 47 heavy (non-hydrogen) atoms. The van der Waals surface area contributed by atoms with Crippen molar-refractivity contribution >= 4 is 65.4 Å². The lowest BCUT2D eigenvalue weighted by Gasteiger charge is -2.21. The third kappa shape index (κ3) is 3.51. The first kappa shape index (κ1) is 24.9. The van der Waals surface area contributed by atoms with Crippen molar-refractivity contribution in [2.45, 2.75) is 0 Å². The van der Waals surface area contributed by atoms with E-state index in [9.17, 15) is 0 Å². The Kier molecular flexibility index (Phi) is 4.84. The molecule has 0 unspecified atom stereocenters. The van der Waals surface area contributed by atoms with Crippen molar-refractivity contribution in [2.75, 3.05) is 0 Å². The molecule has 0 bridgehead atoms. The Balaban J connectivity index is 1.03. The molecule has 3 heterocycles. The van der Waals surface area contributed by atoms with Crippen LogP contribution in [-0.2, 0) is 0 Å². The van der Waals surface area contributed by atoms with Gasteiger partial charge < -0.3 is 13.6 Å². The predicted molar refractivity (Wildman–Crippen MR) is 192 cm³/mol. The maximum Gasteiger partial charge on any atom is 0.143 e. The highest BCUT2D eigenvalue weighted by molar-refractivity contribution is 6.19. The summed E-state index contributed by atoms with van der Waals surface area (Å²) in [6.45, 7) is 0. The molecular formula is C44H24O3. The van der Waals surface area contributed by atoms with Crippen LogP contribution in [-0.4, -0.2) is 0 Å². The molecule has 3 nitrogen and oxygen atoms in total. The Morgan fingerprint density at radius 2 is 1.04 bits per heavy atom. The van der Waals surface area contributed by atoms with Gasteiger partial charge in [-0.15, -0.1) is 0 Å². The normalized spacial score (nSPS) is 12.4. The second kappa shape index (κ2) is 9.12. The van der Waals surface area contributed by atoms with Crippen LogP contribution in [0, 0.1) is 0 Å². The van der Waals surface area contributed by atoms with Gasteiger partial charge in [-0.2, -0.15) is 0 Å². The summed E-state index contributed by atoms with van der Waals surface area (Å²) < 4.78 is 19.4. The Labute approximate surface area is 268 Å². The maximum absolute atomic E-state index is 6.57. The molecule has 3 heteroatoms. The molecule has 1 aliphatic rings. The molecule has 0 N–H and O–H groups in total. The molecule has 218 valence electrons. The SMILES string of the molecule is c1cc2c3c(cccc3c1)-c1cc(-c3ccc4c(c3)oc3cc(-c5cccc6oc7c8ccccc8ccc7c56)ccc34)ccc1O2. The number of ether oxygens (including phenoxy) is 1. The fourth-order valence-corrected chi connectivity index (χ4v) is 7.66. The molecule has 0 radical (unpaired) electrons. The quantitative estimate of drug-likeness (QED) is 0.198. The molecule has 11 rings (SSSR count). The topological polar surface area (TPSA) is 35.5 Å². The Morgan fingerprint density at radius 1 is 0.340 bits per heavy atom. The minimum absolute atomic E-state index is 0.868. The first-order valence-corrected chi connectivity index (χ1v) is 15.9. The summed E-state index contributed by atoms with van der Waals surface area (Å²) >= 11 is 0. The molecule has 0 saturated carbocycles. The molecule has 0 atom stereocenters. The van der Waals surface area contributed by atoms with Crippen LogP contribution in [0.2, 0.25) is 0 Å². The number of rotatable bonds is 2. The molecule has 0 amide bonds. The van der Waals surface area contributed by atoms with Gasteiger partial charge in [0.25, 0.3) is 0 Å². The zero-order valence-corrected chi connectivity index (χ0v) is 25.1.